The Labute approximate surface area is 108 Å². The quantitative estimate of drug-likeness (QED) is 0.858. The zero-order valence-electron chi connectivity index (χ0n) is 10.8. The zero-order valence-corrected chi connectivity index (χ0v) is 10.8. The van der Waals surface area contributed by atoms with Gasteiger partial charge in [-0.15, -0.1) is 0 Å². The van der Waals surface area contributed by atoms with Gasteiger partial charge in [0.05, 0.1) is 0 Å². The van der Waals surface area contributed by atoms with Crippen molar-refractivity contribution in [3.05, 3.63) is 59.4 Å². The SMILES string of the molecule is CCNCc1ccc(F)c(-c2ccccc2C)c1. The molecule has 2 aromatic carbocycles. The summed E-state index contributed by atoms with van der Waals surface area (Å²) in [6, 6.07) is 13.2. The van der Waals surface area contributed by atoms with Crippen LogP contribution in [0, 0.1) is 12.7 Å². The molecule has 0 atom stereocenters. The van der Waals surface area contributed by atoms with Crippen molar-refractivity contribution in [2.45, 2.75) is 20.4 Å². The molecule has 0 saturated carbocycles. The maximum atomic E-state index is 13.9. The van der Waals surface area contributed by atoms with Gasteiger partial charge in [-0.3, -0.25) is 0 Å². The Balaban J connectivity index is 2.40. The highest BCUT2D eigenvalue weighted by Crippen LogP contribution is 2.26. The van der Waals surface area contributed by atoms with E-state index in [-0.39, 0.29) is 5.82 Å². The third kappa shape index (κ3) is 2.77. The van der Waals surface area contributed by atoms with Crippen LogP contribution in [0.15, 0.2) is 42.5 Å². The minimum atomic E-state index is -0.162. The van der Waals surface area contributed by atoms with Crippen molar-refractivity contribution in [2.24, 2.45) is 0 Å². The summed E-state index contributed by atoms with van der Waals surface area (Å²) in [6.07, 6.45) is 0. The fourth-order valence-electron chi connectivity index (χ4n) is 2.03. The fraction of sp³-hybridized carbons (Fsp3) is 0.250. The van der Waals surface area contributed by atoms with E-state index in [9.17, 15) is 4.39 Å². The minimum Gasteiger partial charge on any atom is -0.313 e. The molecule has 2 heteroatoms. The van der Waals surface area contributed by atoms with Gasteiger partial charge in [-0.25, -0.2) is 4.39 Å². The van der Waals surface area contributed by atoms with Crippen molar-refractivity contribution in [2.75, 3.05) is 6.54 Å². The molecule has 2 rings (SSSR count). The number of nitrogens with one attached hydrogen (secondary N) is 1. The Morgan fingerprint density at radius 2 is 1.83 bits per heavy atom. The van der Waals surface area contributed by atoms with E-state index in [0.29, 0.717) is 5.56 Å². The van der Waals surface area contributed by atoms with Gasteiger partial charge >= 0.3 is 0 Å². The number of hydrogen-bond acceptors (Lipinski definition) is 1. The lowest BCUT2D eigenvalue weighted by Crippen LogP contribution is -2.11. The van der Waals surface area contributed by atoms with Crippen LogP contribution in [-0.2, 0) is 6.54 Å². The van der Waals surface area contributed by atoms with Gasteiger partial charge < -0.3 is 5.32 Å². The summed E-state index contributed by atoms with van der Waals surface area (Å²) in [7, 11) is 0. The molecule has 0 aliphatic heterocycles. The van der Waals surface area contributed by atoms with Crippen molar-refractivity contribution in [1.29, 1.82) is 0 Å². The summed E-state index contributed by atoms with van der Waals surface area (Å²) in [5.74, 6) is -0.162. The zero-order chi connectivity index (χ0) is 13.0. The molecule has 0 bridgehead atoms. The van der Waals surface area contributed by atoms with Crippen LogP contribution in [-0.4, -0.2) is 6.54 Å². The molecule has 0 amide bonds. The lowest BCUT2D eigenvalue weighted by atomic mass is 9.98. The van der Waals surface area contributed by atoms with E-state index >= 15 is 0 Å². The van der Waals surface area contributed by atoms with E-state index in [1.54, 1.807) is 6.07 Å². The van der Waals surface area contributed by atoms with E-state index in [0.717, 1.165) is 29.8 Å². The van der Waals surface area contributed by atoms with E-state index in [1.165, 1.54) is 0 Å². The van der Waals surface area contributed by atoms with Crippen molar-refractivity contribution in [3.8, 4) is 11.1 Å². The Hall–Kier alpha value is -1.67. The smallest absolute Gasteiger partial charge is 0.131 e. The summed E-state index contributed by atoms with van der Waals surface area (Å²) in [5, 5.41) is 3.25. The van der Waals surface area contributed by atoms with Gasteiger partial charge in [0, 0.05) is 12.1 Å². The average Bonchev–Trinajstić information content (AvgIpc) is 2.39. The second-order valence-corrected chi connectivity index (χ2v) is 4.41. The van der Waals surface area contributed by atoms with Crippen LogP contribution in [0.1, 0.15) is 18.1 Å². The lowest BCUT2D eigenvalue weighted by molar-refractivity contribution is 0.629. The van der Waals surface area contributed by atoms with Gasteiger partial charge in [-0.1, -0.05) is 37.3 Å². The lowest BCUT2D eigenvalue weighted by Gasteiger charge is -2.10. The van der Waals surface area contributed by atoms with E-state index in [2.05, 4.69) is 12.2 Å². The molecular formula is C16H18FN. The molecule has 1 nitrogen and oxygen atoms in total. The molecule has 94 valence electrons. The first-order chi connectivity index (χ1) is 8.72. The van der Waals surface area contributed by atoms with Crippen LogP contribution in [0.5, 0.6) is 0 Å². The van der Waals surface area contributed by atoms with Crippen molar-refractivity contribution in [3.63, 3.8) is 0 Å². The van der Waals surface area contributed by atoms with Gasteiger partial charge in [-0.2, -0.15) is 0 Å². The second kappa shape index (κ2) is 5.78. The second-order valence-electron chi connectivity index (χ2n) is 4.41. The molecule has 0 radical (unpaired) electrons. The molecular weight excluding hydrogens is 225 g/mol. The number of hydrogen-bond donors (Lipinski definition) is 1. The first-order valence-electron chi connectivity index (χ1n) is 6.27. The van der Waals surface area contributed by atoms with Gasteiger partial charge in [-0.05, 0) is 42.3 Å². The van der Waals surface area contributed by atoms with Crippen LogP contribution in [0.25, 0.3) is 11.1 Å². The predicted octanol–water partition coefficient (Wildman–Crippen LogP) is 3.91. The molecule has 0 aromatic heterocycles. The summed E-state index contributed by atoms with van der Waals surface area (Å²) < 4.78 is 13.9. The highest BCUT2D eigenvalue weighted by Gasteiger charge is 2.08. The normalized spacial score (nSPS) is 10.6. The summed E-state index contributed by atoms with van der Waals surface area (Å²) in [5.41, 5.74) is 3.85. The molecule has 0 saturated heterocycles. The molecule has 1 N–H and O–H groups in total. The predicted molar refractivity (Wildman–Crippen MR) is 74.0 cm³/mol. The molecule has 0 spiro atoms. The van der Waals surface area contributed by atoms with Gasteiger partial charge in [0.25, 0.3) is 0 Å². The highest BCUT2D eigenvalue weighted by atomic mass is 19.1. The van der Waals surface area contributed by atoms with Crippen LogP contribution < -0.4 is 5.32 Å². The Morgan fingerprint density at radius 1 is 1.06 bits per heavy atom. The molecule has 0 heterocycles. The van der Waals surface area contributed by atoms with Crippen molar-refractivity contribution >= 4 is 0 Å². The minimum absolute atomic E-state index is 0.162. The van der Waals surface area contributed by atoms with E-state index < -0.39 is 0 Å². The number of benzene rings is 2. The molecule has 0 fully saturated rings. The summed E-state index contributed by atoms with van der Waals surface area (Å²) in [6.45, 7) is 5.75. The maximum Gasteiger partial charge on any atom is 0.131 e. The average molecular weight is 243 g/mol. The molecule has 0 unspecified atom stereocenters. The van der Waals surface area contributed by atoms with E-state index in [1.807, 2.05) is 43.3 Å². The van der Waals surface area contributed by atoms with Gasteiger partial charge in [0.2, 0.25) is 0 Å². The Kier molecular flexibility index (Phi) is 4.11. The Morgan fingerprint density at radius 3 is 2.56 bits per heavy atom. The highest BCUT2D eigenvalue weighted by molar-refractivity contribution is 5.68. The van der Waals surface area contributed by atoms with Gasteiger partial charge in [0.15, 0.2) is 0 Å². The topological polar surface area (TPSA) is 12.0 Å². The number of aryl methyl sites for hydroxylation is 1. The number of halogens is 1. The molecule has 0 aliphatic rings. The largest absolute Gasteiger partial charge is 0.313 e. The third-order valence-corrected chi connectivity index (χ3v) is 3.05. The van der Waals surface area contributed by atoms with Crippen LogP contribution in [0.3, 0.4) is 0 Å². The monoisotopic (exact) mass is 243 g/mol. The van der Waals surface area contributed by atoms with Crippen molar-refractivity contribution in [1.82, 2.24) is 5.32 Å². The molecule has 2 aromatic rings. The van der Waals surface area contributed by atoms with E-state index in [4.69, 9.17) is 0 Å². The number of rotatable bonds is 4. The third-order valence-electron chi connectivity index (χ3n) is 3.05. The molecule has 0 aliphatic carbocycles. The standard InChI is InChI=1S/C16H18FN/c1-3-18-11-13-8-9-16(17)15(10-13)14-7-5-4-6-12(14)2/h4-10,18H,3,11H2,1-2H3. The summed E-state index contributed by atoms with van der Waals surface area (Å²) in [4.78, 5) is 0. The van der Waals surface area contributed by atoms with Crippen LogP contribution in [0.4, 0.5) is 4.39 Å². The van der Waals surface area contributed by atoms with Crippen molar-refractivity contribution < 1.29 is 4.39 Å². The first kappa shape index (κ1) is 12.8. The first-order valence-corrected chi connectivity index (χ1v) is 6.27. The maximum absolute atomic E-state index is 13.9. The van der Waals surface area contributed by atoms with Crippen LogP contribution >= 0.6 is 0 Å². The van der Waals surface area contributed by atoms with Gasteiger partial charge in [0.1, 0.15) is 5.82 Å². The van der Waals surface area contributed by atoms with Crippen LogP contribution in [0.2, 0.25) is 0 Å². The Bertz CT molecular complexity index is 534. The fourth-order valence-corrected chi connectivity index (χ4v) is 2.03. The summed E-state index contributed by atoms with van der Waals surface area (Å²) >= 11 is 0. The molecule has 18 heavy (non-hydrogen) atoms.